The molecular weight excluding hydrogens is 154 g/mol. The summed E-state index contributed by atoms with van der Waals surface area (Å²) < 4.78 is 5.10. The molecule has 0 bridgehead atoms. The number of carbonyl (C=O) groups excluding carboxylic acids is 1. The van der Waals surface area contributed by atoms with E-state index in [1.54, 1.807) is 0 Å². The lowest BCUT2D eigenvalue weighted by atomic mass is 10.5. The molecule has 0 amide bonds. The molecule has 0 radical (unpaired) electrons. The molecule has 1 aliphatic rings. The van der Waals surface area contributed by atoms with E-state index < -0.39 is 0 Å². The van der Waals surface area contributed by atoms with Crippen LogP contribution in [0.5, 0.6) is 0 Å². The highest BCUT2D eigenvalue weighted by Crippen LogP contribution is 1.89. The fraction of sp³-hybridized carbons (Fsp3) is 0.889. The average molecular weight is 175 g/mol. The third kappa shape index (κ3) is 12.3. The van der Waals surface area contributed by atoms with Gasteiger partial charge in [-0.2, -0.15) is 0 Å². The van der Waals surface area contributed by atoms with Crippen LogP contribution in [0.15, 0.2) is 0 Å². The minimum atomic E-state index is 0.750. The molecule has 0 aromatic rings. The molecule has 1 heterocycles. The first kappa shape index (κ1) is 14.1. The second kappa shape index (κ2) is 13.2. The van der Waals surface area contributed by atoms with Crippen molar-refractivity contribution >= 4 is 6.29 Å². The lowest BCUT2D eigenvalue weighted by Crippen LogP contribution is -2.32. The summed E-state index contributed by atoms with van der Waals surface area (Å²) in [5, 5.41) is 0. The van der Waals surface area contributed by atoms with Crippen LogP contribution in [0.25, 0.3) is 0 Å². The number of likely N-dealkylation sites (N-methyl/N-ethyl adjacent to an activating group) is 1. The summed E-state index contributed by atoms with van der Waals surface area (Å²) in [5.41, 5.74) is 0. The van der Waals surface area contributed by atoms with Crippen molar-refractivity contribution in [2.45, 2.75) is 20.8 Å². The molecule has 1 aliphatic heterocycles. The van der Waals surface area contributed by atoms with Gasteiger partial charge in [-0.25, -0.2) is 0 Å². The Bertz CT molecular complexity index is 80.6. The summed E-state index contributed by atoms with van der Waals surface area (Å²) in [6, 6.07) is 0. The van der Waals surface area contributed by atoms with Crippen molar-refractivity contribution in [1.82, 2.24) is 4.90 Å². The van der Waals surface area contributed by atoms with Gasteiger partial charge < -0.3 is 14.4 Å². The number of rotatable bonds is 0. The van der Waals surface area contributed by atoms with Crippen molar-refractivity contribution in [1.29, 1.82) is 0 Å². The third-order valence-electron chi connectivity index (χ3n) is 1.23. The predicted octanol–water partition coefficient (Wildman–Crippen LogP) is 1.18. The van der Waals surface area contributed by atoms with E-state index in [0.29, 0.717) is 0 Å². The SMILES string of the molecule is CC.CC=O.CN1CCOCC1. The standard InChI is InChI=1S/C5H11NO.C2H4O.C2H6/c1-6-2-4-7-5-3-6;1-2-3;1-2/h2-5H2,1H3;2H,1H3;1-2H3. The van der Waals surface area contributed by atoms with Gasteiger partial charge in [-0.05, 0) is 14.0 Å². The van der Waals surface area contributed by atoms with Crippen LogP contribution in [0.2, 0.25) is 0 Å². The number of ether oxygens (including phenoxy) is 1. The molecule has 0 aromatic carbocycles. The van der Waals surface area contributed by atoms with Gasteiger partial charge in [-0.1, -0.05) is 13.8 Å². The number of carbonyl (C=O) groups is 1. The van der Waals surface area contributed by atoms with E-state index in [4.69, 9.17) is 9.53 Å². The second-order valence-corrected chi connectivity index (χ2v) is 2.15. The number of aldehydes is 1. The summed E-state index contributed by atoms with van der Waals surface area (Å²) in [7, 11) is 2.11. The van der Waals surface area contributed by atoms with Crippen molar-refractivity contribution in [3.8, 4) is 0 Å². The molecule has 0 unspecified atom stereocenters. The number of nitrogens with zero attached hydrogens (tertiary/aromatic N) is 1. The van der Waals surface area contributed by atoms with Gasteiger partial charge in [0.15, 0.2) is 0 Å². The summed E-state index contributed by atoms with van der Waals surface area (Å²) in [5.74, 6) is 0. The number of hydrogen-bond acceptors (Lipinski definition) is 3. The Morgan fingerprint density at radius 1 is 1.25 bits per heavy atom. The van der Waals surface area contributed by atoms with Crippen LogP contribution in [0.4, 0.5) is 0 Å². The maximum absolute atomic E-state index is 8.81. The first-order valence-electron chi connectivity index (χ1n) is 4.47. The van der Waals surface area contributed by atoms with Crippen molar-refractivity contribution in [3.05, 3.63) is 0 Å². The van der Waals surface area contributed by atoms with Crippen LogP contribution >= 0.6 is 0 Å². The lowest BCUT2D eigenvalue weighted by Gasteiger charge is -2.21. The van der Waals surface area contributed by atoms with E-state index in [0.717, 1.165) is 32.6 Å². The van der Waals surface area contributed by atoms with Crippen molar-refractivity contribution in [3.63, 3.8) is 0 Å². The maximum atomic E-state index is 8.81. The quantitative estimate of drug-likeness (QED) is 0.518. The average Bonchev–Trinajstić information content (AvgIpc) is 2.11. The Labute approximate surface area is 75.7 Å². The highest BCUT2D eigenvalue weighted by molar-refractivity contribution is 5.44. The zero-order valence-electron chi connectivity index (χ0n) is 8.67. The van der Waals surface area contributed by atoms with Gasteiger partial charge in [0.25, 0.3) is 0 Å². The molecule has 0 saturated carbocycles. The van der Waals surface area contributed by atoms with Crippen LogP contribution in [0.1, 0.15) is 20.8 Å². The molecular formula is C9H21NO2. The molecule has 1 rings (SSSR count). The Balaban J connectivity index is 0. The molecule has 1 saturated heterocycles. The van der Waals surface area contributed by atoms with Gasteiger partial charge in [0, 0.05) is 13.1 Å². The Hall–Kier alpha value is -0.410. The zero-order valence-corrected chi connectivity index (χ0v) is 8.67. The van der Waals surface area contributed by atoms with Crippen LogP contribution in [-0.2, 0) is 9.53 Å². The lowest BCUT2D eigenvalue weighted by molar-refractivity contribution is -0.106. The highest BCUT2D eigenvalue weighted by Gasteiger charge is 2.02. The normalized spacial score (nSPS) is 16.3. The van der Waals surface area contributed by atoms with Gasteiger partial charge in [0.2, 0.25) is 0 Å². The summed E-state index contributed by atoms with van der Waals surface area (Å²) >= 11 is 0. The van der Waals surface area contributed by atoms with Gasteiger partial charge in [0.1, 0.15) is 6.29 Å². The molecule has 3 heteroatoms. The van der Waals surface area contributed by atoms with Crippen LogP contribution in [0, 0.1) is 0 Å². The van der Waals surface area contributed by atoms with Crippen molar-refractivity contribution in [2.24, 2.45) is 0 Å². The Morgan fingerprint density at radius 3 is 1.75 bits per heavy atom. The molecule has 0 aliphatic carbocycles. The Kier molecular flexibility index (Phi) is 15.5. The van der Waals surface area contributed by atoms with Gasteiger partial charge >= 0.3 is 0 Å². The Morgan fingerprint density at radius 2 is 1.58 bits per heavy atom. The van der Waals surface area contributed by atoms with E-state index in [9.17, 15) is 0 Å². The minimum absolute atomic E-state index is 0.750. The molecule has 0 N–H and O–H groups in total. The van der Waals surface area contributed by atoms with Crippen LogP contribution in [0.3, 0.4) is 0 Å². The monoisotopic (exact) mass is 175 g/mol. The van der Waals surface area contributed by atoms with Crippen LogP contribution in [-0.4, -0.2) is 44.5 Å². The number of morpholine rings is 1. The van der Waals surface area contributed by atoms with Gasteiger partial charge in [-0.15, -0.1) is 0 Å². The summed E-state index contributed by atoms with van der Waals surface area (Å²) in [6.07, 6.45) is 0.750. The first-order chi connectivity index (χ1) is 5.81. The molecule has 1 fully saturated rings. The van der Waals surface area contributed by atoms with E-state index in [2.05, 4.69) is 11.9 Å². The first-order valence-corrected chi connectivity index (χ1v) is 4.47. The predicted molar refractivity (Wildman–Crippen MR) is 51.4 cm³/mol. The van der Waals surface area contributed by atoms with Crippen LogP contribution < -0.4 is 0 Å². The van der Waals surface area contributed by atoms with Gasteiger partial charge in [0.05, 0.1) is 13.2 Å². The molecule has 0 atom stereocenters. The molecule has 74 valence electrons. The van der Waals surface area contributed by atoms with E-state index in [-0.39, 0.29) is 0 Å². The highest BCUT2D eigenvalue weighted by atomic mass is 16.5. The van der Waals surface area contributed by atoms with E-state index in [1.807, 2.05) is 13.8 Å². The maximum Gasteiger partial charge on any atom is 0.116 e. The number of hydrogen-bond donors (Lipinski definition) is 0. The third-order valence-corrected chi connectivity index (χ3v) is 1.23. The van der Waals surface area contributed by atoms with Crippen molar-refractivity contribution in [2.75, 3.05) is 33.4 Å². The fourth-order valence-corrected chi connectivity index (χ4v) is 0.655. The van der Waals surface area contributed by atoms with E-state index in [1.165, 1.54) is 6.92 Å². The molecule has 3 nitrogen and oxygen atoms in total. The second-order valence-electron chi connectivity index (χ2n) is 2.15. The fourth-order valence-electron chi connectivity index (χ4n) is 0.655. The summed E-state index contributed by atoms with van der Waals surface area (Å²) in [6.45, 7) is 9.47. The van der Waals surface area contributed by atoms with E-state index >= 15 is 0 Å². The molecule has 0 aromatic heterocycles. The molecule has 12 heavy (non-hydrogen) atoms. The summed E-state index contributed by atoms with van der Waals surface area (Å²) in [4.78, 5) is 11.1. The smallest absolute Gasteiger partial charge is 0.116 e. The van der Waals surface area contributed by atoms with Crippen molar-refractivity contribution < 1.29 is 9.53 Å². The topological polar surface area (TPSA) is 29.5 Å². The van der Waals surface area contributed by atoms with Gasteiger partial charge in [-0.3, -0.25) is 0 Å². The molecule has 0 spiro atoms. The zero-order chi connectivity index (χ0) is 9.82. The largest absolute Gasteiger partial charge is 0.379 e. The minimum Gasteiger partial charge on any atom is -0.379 e.